The standard InChI is InChI=1S/C9H11O2S.3C4H9.Sn/c1-9(2)5-10-7-3-12-4-8(7)11-6-9;3*1-3-4-2;/h3H,5-6H2,1-2H3;3*1,3-4H2,2H3;. The molecular formula is C21H38O2SSn. The SMILES string of the molecule is CCC[CH2][Sn]([CH2]CCC)([CH2]CCC)[c]1scc2c1OCC(C)(C)CO2. The van der Waals surface area contributed by atoms with Crippen molar-refractivity contribution in [3.8, 4) is 11.5 Å². The average Bonchev–Trinajstić information content (AvgIpc) is 2.95. The molecule has 1 aliphatic heterocycles. The van der Waals surface area contributed by atoms with E-state index in [0.717, 1.165) is 24.7 Å². The molecule has 0 spiro atoms. The molecule has 0 radical (unpaired) electrons. The van der Waals surface area contributed by atoms with Crippen LogP contribution in [-0.2, 0) is 0 Å². The van der Waals surface area contributed by atoms with Crippen molar-refractivity contribution in [2.24, 2.45) is 5.41 Å². The predicted molar refractivity (Wildman–Crippen MR) is 114 cm³/mol. The molecule has 0 saturated carbocycles. The summed E-state index contributed by atoms with van der Waals surface area (Å²) in [6.07, 6.45) is 8.12. The fourth-order valence-corrected chi connectivity index (χ4v) is 24.2. The van der Waals surface area contributed by atoms with Crippen molar-refractivity contribution in [2.75, 3.05) is 13.2 Å². The molecule has 0 atom stereocenters. The molecule has 0 fully saturated rings. The number of thiophene rings is 1. The molecule has 1 aromatic rings. The molecule has 1 aliphatic rings. The van der Waals surface area contributed by atoms with E-state index in [-0.39, 0.29) is 5.41 Å². The summed E-state index contributed by atoms with van der Waals surface area (Å²) < 4.78 is 18.7. The van der Waals surface area contributed by atoms with Crippen LogP contribution in [0.4, 0.5) is 0 Å². The van der Waals surface area contributed by atoms with Gasteiger partial charge in [0.25, 0.3) is 0 Å². The van der Waals surface area contributed by atoms with Gasteiger partial charge in [-0.15, -0.1) is 0 Å². The van der Waals surface area contributed by atoms with E-state index in [1.165, 1.54) is 51.8 Å². The molecule has 0 aliphatic carbocycles. The molecule has 0 unspecified atom stereocenters. The Morgan fingerprint density at radius 1 is 0.920 bits per heavy atom. The van der Waals surface area contributed by atoms with Gasteiger partial charge in [0.15, 0.2) is 0 Å². The van der Waals surface area contributed by atoms with E-state index in [1.54, 1.807) is 2.89 Å². The average molecular weight is 473 g/mol. The Morgan fingerprint density at radius 2 is 1.44 bits per heavy atom. The Labute approximate surface area is 163 Å². The van der Waals surface area contributed by atoms with Crippen LogP contribution in [0.15, 0.2) is 5.38 Å². The zero-order valence-electron chi connectivity index (χ0n) is 17.1. The molecular weight excluding hydrogens is 435 g/mol. The monoisotopic (exact) mass is 474 g/mol. The Bertz CT molecular complexity index is 502. The van der Waals surface area contributed by atoms with Crippen molar-refractivity contribution in [1.29, 1.82) is 0 Å². The molecule has 2 heterocycles. The van der Waals surface area contributed by atoms with Gasteiger partial charge in [-0.3, -0.25) is 0 Å². The summed E-state index contributed by atoms with van der Waals surface area (Å²) in [5.41, 5.74) is 0.0996. The van der Waals surface area contributed by atoms with Gasteiger partial charge in [-0.1, -0.05) is 0 Å². The zero-order chi connectivity index (χ0) is 18.3. The number of hydrogen-bond acceptors (Lipinski definition) is 3. The summed E-state index contributed by atoms with van der Waals surface area (Å²) >= 11 is -0.458. The van der Waals surface area contributed by atoms with Crippen LogP contribution in [0.1, 0.15) is 73.1 Å². The Morgan fingerprint density at radius 3 is 1.96 bits per heavy atom. The number of rotatable bonds is 10. The van der Waals surface area contributed by atoms with Crippen LogP contribution in [0.25, 0.3) is 0 Å². The molecule has 4 heteroatoms. The predicted octanol–water partition coefficient (Wildman–Crippen LogP) is 6.60. The van der Waals surface area contributed by atoms with E-state index in [1.807, 2.05) is 11.3 Å². The van der Waals surface area contributed by atoms with Crippen molar-refractivity contribution in [3.63, 3.8) is 0 Å². The third-order valence-corrected chi connectivity index (χ3v) is 24.7. The molecule has 0 N–H and O–H groups in total. The van der Waals surface area contributed by atoms with E-state index in [4.69, 9.17) is 9.47 Å². The third kappa shape index (κ3) is 5.54. The quantitative estimate of drug-likeness (QED) is 0.357. The van der Waals surface area contributed by atoms with Gasteiger partial charge in [0.2, 0.25) is 0 Å². The molecule has 25 heavy (non-hydrogen) atoms. The molecule has 2 nitrogen and oxygen atoms in total. The van der Waals surface area contributed by atoms with Crippen LogP contribution < -0.4 is 12.4 Å². The second-order valence-electron chi connectivity index (χ2n) is 8.59. The second-order valence-corrected chi connectivity index (χ2v) is 23.5. The number of fused-ring (bicyclic) bond motifs is 1. The number of ether oxygens (including phenoxy) is 2. The second kappa shape index (κ2) is 9.87. The molecule has 0 bridgehead atoms. The van der Waals surface area contributed by atoms with Gasteiger partial charge in [0.1, 0.15) is 0 Å². The number of unbranched alkanes of at least 4 members (excludes halogenated alkanes) is 3. The normalized spacial score (nSPS) is 16.7. The first kappa shape index (κ1) is 21.4. The van der Waals surface area contributed by atoms with E-state index in [2.05, 4.69) is 40.0 Å². The molecule has 0 aromatic carbocycles. The molecule has 144 valence electrons. The maximum absolute atomic E-state index is 6.42. The van der Waals surface area contributed by atoms with Gasteiger partial charge in [-0.2, -0.15) is 0 Å². The minimum atomic E-state index is -2.43. The summed E-state index contributed by atoms with van der Waals surface area (Å²) in [7, 11) is 0. The summed E-state index contributed by atoms with van der Waals surface area (Å²) in [5, 5.41) is 2.25. The summed E-state index contributed by atoms with van der Waals surface area (Å²) in [6, 6.07) is 0. The van der Waals surface area contributed by atoms with E-state index in [9.17, 15) is 0 Å². The Hall–Kier alpha value is 0.0987. The first-order valence-corrected chi connectivity index (χ1v) is 18.7. The molecule has 1 aromatic heterocycles. The Kier molecular flexibility index (Phi) is 8.45. The summed E-state index contributed by atoms with van der Waals surface area (Å²) in [5.74, 6) is 2.20. The van der Waals surface area contributed by atoms with Crippen LogP contribution in [0, 0.1) is 5.41 Å². The van der Waals surface area contributed by atoms with Gasteiger partial charge in [0, 0.05) is 0 Å². The van der Waals surface area contributed by atoms with E-state index >= 15 is 0 Å². The van der Waals surface area contributed by atoms with Gasteiger partial charge < -0.3 is 0 Å². The minimum absolute atomic E-state index is 0.0996. The van der Waals surface area contributed by atoms with Crippen LogP contribution >= 0.6 is 11.3 Å². The van der Waals surface area contributed by atoms with Crippen molar-refractivity contribution in [1.82, 2.24) is 0 Å². The fraction of sp³-hybridized carbons (Fsp3) is 0.810. The third-order valence-electron chi connectivity index (χ3n) is 5.45. The van der Waals surface area contributed by atoms with Crippen molar-refractivity contribution in [2.45, 2.75) is 86.5 Å². The molecule has 0 saturated heterocycles. The van der Waals surface area contributed by atoms with Crippen molar-refractivity contribution < 1.29 is 9.47 Å². The van der Waals surface area contributed by atoms with Gasteiger partial charge in [-0.25, -0.2) is 0 Å². The van der Waals surface area contributed by atoms with Gasteiger partial charge >= 0.3 is 164 Å². The van der Waals surface area contributed by atoms with Gasteiger partial charge in [-0.05, 0) is 0 Å². The summed E-state index contributed by atoms with van der Waals surface area (Å²) in [6.45, 7) is 13.0. The summed E-state index contributed by atoms with van der Waals surface area (Å²) in [4.78, 5) is 0. The molecule has 2 rings (SSSR count). The number of hydrogen-bond donors (Lipinski definition) is 0. The fourth-order valence-electron chi connectivity index (χ4n) is 3.78. The van der Waals surface area contributed by atoms with Crippen molar-refractivity contribution in [3.05, 3.63) is 5.38 Å². The van der Waals surface area contributed by atoms with E-state index in [0.29, 0.717) is 0 Å². The molecule has 0 amide bonds. The van der Waals surface area contributed by atoms with Crippen LogP contribution in [0.2, 0.25) is 13.3 Å². The van der Waals surface area contributed by atoms with Crippen LogP contribution in [0.5, 0.6) is 11.5 Å². The maximum atomic E-state index is 6.42. The van der Waals surface area contributed by atoms with Gasteiger partial charge in [0.05, 0.1) is 0 Å². The first-order valence-electron chi connectivity index (χ1n) is 10.4. The first-order chi connectivity index (χ1) is 12.0. The van der Waals surface area contributed by atoms with Crippen LogP contribution in [0.3, 0.4) is 0 Å². The van der Waals surface area contributed by atoms with Crippen molar-refractivity contribution >= 4 is 32.6 Å². The van der Waals surface area contributed by atoms with Crippen LogP contribution in [-0.4, -0.2) is 31.6 Å². The van der Waals surface area contributed by atoms with E-state index < -0.39 is 18.4 Å². The topological polar surface area (TPSA) is 18.5 Å². The Balaban J connectivity index is 2.37. The zero-order valence-corrected chi connectivity index (χ0v) is 20.8.